The molecule has 1 aromatic heterocycles. The third-order valence-corrected chi connectivity index (χ3v) is 8.05. The maximum absolute atomic E-state index is 12.6. The minimum absolute atomic E-state index is 0.109. The highest BCUT2D eigenvalue weighted by Crippen LogP contribution is 2.49. The molecule has 5 rings (SSSR count). The molecule has 0 aliphatic heterocycles. The summed E-state index contributed by atoms with van der Waals surface area (Å²) < 4.78 is 3.21. The topological polar surface area (TPSA) is 46.4 Å². The average Bonchev–Trinajstić information content (AvgIpc) is 3.31. The molecule has 3 aromatic carbocycles. The summed E-state index contributed by atoms with van der Waals surface area (Å²) in [6.45, 7) is 4.12. The van der Waals surface area contributed by atoms with E-state index >= 15 is 0 Å². The molecule has 4 aromatic rings. The summed E-state index contributed by atoms with van der Waals surface area (Å²) in [5, 5.41) is 4.40. The summed E-state index contributed by atoms with van der Waals surface area (Å²) in [6.07, 6.45) is 1.72. The van der Waals surface area contributed by atoms with Gasteiger partial charge in [-0.05, 0) is 70.2 Å². The third kappa shape index (κ3) is 4.24. The van der Waals surface area contributed by atoms with Crippen LogP contribution in [-0.4, -0.2) is 22.4 Å². The van der Waals surface area contributed by atoms with Crippen molar-refractivity contribution in [2.45, 2.75) is 19.1 Å². The van der Waals surface area contributed by atoms with E-state index in [1.54, 1.807) is 18.0 Å². The molecule has 0 bridgehead atoms. The van der Waals surface area contributed by atoms with E-state index in [0.29, 0.717) is 5.75 Å². The molecule has 34 heavy (non-hydrogen) atoms. The number of carbonyl (C=O) groups excluding carboxylic acids is 1. The van der Waals surface area contributed by atoms with E-state index in [1.807, 2.05) is 18.2 Å². The Balaban J connectivity index is 1.25. The van der Waals surface area contributed by atoms with Crippen LogP contribution in [0.25, 0.3) is 16.8 Å². The Hall–Kier alpha value is -3.09. The number of rotatable bonds is 6. The SMILES string of the molecule is Cc1cc(/C=N\NC(=O)CSC2c3ccccc3-c3ccccc32)c(C)n1-c1ccccc1Br. The highest BCUT2D eigenvalue weighted by atomic mass is 79.9. The molecule has 1 N–H and O–H groups in total. The number of hydrogen-bond donors (Lipinski definition) is 1. The van der Waals surface area contributed by atoms with Crippen LogP contribution in [-0.2, 0) is 4.79 Å². The van der Waals surface area contributed by atoms with Gasteiger partial charge in [0.25, 0.3) is 0 Å². The molecular weight excluding hydrogens is 506 g/mol. The van der Waals surface area contributed by atoms with Crippen LogP contribution in [0.1, 0.15) is 33.3 Å². The van der Waals surface area contributed by atoms with Crippen molar-refractivity contribution < 1.29 is 4.79 Å². The first kappa shape index (κ1) is 22.7. The molecule has 0 radical (unpaired) electrons. The molecule has 4 nitrogen and oxygen atoms in total. The predicted octanol–water partition coefficient (Wildman–Crippen LogP) is 6.81. The summed E-state index contributed by atoms with van der Waals surface area (Å²) in [5.41, 5.74) is 12.0. The Labute approximate surface area is 212 Å². The fourth-order valence-corrected chi connectivity index (χ4v) is 6.19. The molecule has 0 fully saturated rings. The fourth-order valence-electron chi connectivity index (χ4n) is 4.58. The van der Waals surface area contributed by atoms with Gasteiger partial charge in [0.15, 0.2) is 0 Å². The molecular formula is C28H24BrN3OS. The highest BCUT2D eigenvalue weighted by molar-refractivity contribution is 9.10. The number of amides is 1. The van der Waals surface area contributed by atoms with Crippen molar-refractivity contribution in [3.8, 4) is 16.8 Å². The van der Waals surface area contributed by atoms with E-state index in [2.05, 4.69) is 106 Å². The maximum atomic E-state index is 12.6. The first-order chi connectivity index (χ1) is 16.5. The summed E-state index contributed by atoms with van der Waals surface area (Å²) >= 11 is 5.27. The monoisotopic (exact) mass is 529 g/mol. The van der Waals surface area contributed by atoms with E-state index in [9.17, 15) is 4.79 Å². The van der Waals surface area contributed by atoms with Gasteiger partial charge in [0.1, 0.15) is 0 Å². The van der Waals surface area contributed by atoms with Crippen LogP contribution in [0.4, 0.5) is 0 Å². The normalized spacial score (nSPS) is 12.7. The number of fused-ring (bicyclic) bond motifs is 3. The predicted molar refractivity (Wildman–Crippen MR) is 145 cm³/mol. The fraction of sp³-hybridized carbons (Fsp3) is 0.143. The van der Waals surface area contributed by atoms with E-state index in [1.165, 1.54) is 22.3 Å². The lowest BCUT2D eigenvalue weighted by Crippen LogP contribution is -2.20. The van der Waals surface area contributed by atoms with Crippen LogP contribution in [0.5, 0.6) is 0 Å². The van der Waals surface area contributed by atoms with E-state index in [4.69, 9.17) is 0 Å². The molecule has 1 amide bonds. The molecule has 0 saturated carbocycles. The van der Waals surface area contributed by atoms with Crippen molar-refractivity contribution in [3.05, 3.63) is 111 Å². The van der Waals surface area contributed by atoms with Crippen molar-refractivity contribution in [3.63, 3.8) is 0 Å². The quantitative estimate of drug-likeness (QED) is 0.220. The van der Waals surface area contributed by atoms with Gasteiger partial charge in [0.05, 0.1) is 22.9 Å². The van der Waals surface area contributed by atoms with Crippen LogP contribution in [0.15, 0.2) is 88.4 Å². The zero-order chi connectivity index (χ0) is 23.7. The zero-order valence-electron chi connectivity index (χ0n) is 19.0. The Kier molecular flexibility index (Phi) is 6.44. The van der Waals surface area contributed by atoms with Gasteiger partial charge < -0.3 is 4.57 Å². The number of thioether (sulfide) groups is 1. The van der Waals surface area contributed by atoms with Crippen molar-refractivity contribution >= 4 is 39.8 Å². The van der Waals surface area contributed by atoms with Crippen molar-refractivity contribution in [2.75, 3.05) is 5.75 Å². The van der Waals surface area contributed by atoms with E-state index in [0.717, 1.165) is 27.1 Å². The van der Waals surface area contributed by atoms with Crippen LogP contribution < -0.4 is 5.43 Å². The average molecular weight is 530 g/mol. The lowest BCUT2D eigenvalue weighted by atomic mass is 10.1. The number of aromatic nitrogens is 1. The standard InChI is InChI=1S/C28H24BrN3OS/c1-18-15-20(19(2)32(18)26-14-8-7-13-25(26)29)16-30-31-27(33)17-34-28-23-11-5-3-9-21(23)22-10-4-6-12-24(22)28/h3-16,28H,17H2,1-2H3,(H,31,33)/b30-16-. The van der Waals surface area contributed by atoms with Crippen LogP contribution in [0.3, 0.4) is 0 Å². The number of carbonyl (C=O) groups is 1. The second-order valence-corrected chi connectivity index (χ2v) is 10.2. The number of nitrogens with one attached hydrogen (secondary N) is 1. The van der Waals surface area contributed by atoms with Crippen LogP contribution in [0, 0.1) is 13.8 Å². The molecule has 1 heterocycles. The van der Waals surface area contributed by atoms with Crippen LogP contribution in [0.2, 0.25) is 0 Å². The van der Waals surface area contributed by atoms with Crippen molar-refractivity contribution in [1.29, 1.82) is 0 Å². The van der Waals surface area contributed by atoms with Gasteiger partial charge in [-0.3, -0.25) is 4.79 Å². The first-order valence-corrected chi connectivity index (χ1v) is 12.9. The second-order valence-electron chi connectivity index (χ2n) is 8.27. The molecule has 1 aliphatic carbocycles. The zero-order valence-corrected chi connectivity index (χ0v) is 21.4. The Morgan fingerprint density at radius 1 is 1.00 bits per heavy atom. The molecule has 6 heteroatoms. The lowest BCUT2D eigenvalue weighted by molar-refractivity contribution is -0.118. The third-order valence-electron chi connectivity index (χ3n) is 6.11. The summed E-state index contributed by atoms with van der Waals surface area (Å²) in [7, 11) is 0. The second kappa shape index (κ2) is 9.65. The van der Waals surface area contributed by atoms with Gasteiger partial charge in [-0.25, -0.2) is 5.43 Å². The molecule has 1 aliphatic rings. The van der Waals surface area contributed by atoms with E-state index < -0.39 is 0 Å². The summed E-state index contributed by atoms with van der Waals surface area (Å²) in [6, 6.07) is 27.1. The Morgan fingerprint density at radius 3 is 2.29 bits per heavy atom. The smallest absolute Gasteiger partial charge is 0.250 e. The lowest BCUT2D eigenvalue weighted by Gasteiger charge is -2.12. The molecule has 0 unspecified atom stereocenters. The number of hydrogen-bond acceptors (Lipinski definition) is 3. The number of aryl methyl sites for hydroxylation is 1. The summed E-state index contributed by atoms with van der Waals surface area (Å²) in [5.74, 6) is 0.225. The Bertz CT molecular complexity index is 1360. The van der Waals surface area contributed by atoms with Crippen LogP contribution >= 0.6 is 27.7 Å². The van der Waals surface area contributed by atoms with Gasteiger partial charge in [-0.1, -0.05) is 60.7 Å². The number of nitrogens with zero attached hydrogens (tertiary/aromatic N) is 2. The van der Waals surface area contributed by atoms with Gasteiger partial charge >= 0.3 is 0 Å². The van der Waals surface area contributed by atoms with Crippen molar-refractivity contribution in [2.24, 2.45) is 5.10 Å². The maximum Gasteiger partial charge on any atom is 0.250 e. The Morgan fingerprint density at radius 2 is 1.62 bits per heavy atom. The van der Waals surface area contributed by atoms with Gasteiger partial charge in [0.2, 0.25) is 5.91 Å². The molecule has 0 saturated heterocycles. The largest absolute Gasteiger partial charge is 0.317 e. The molecule has 170 valence electrons. The van der Waals surface area contributed by atoms with Crippen molar-refractivity contribution in [1.82, 2.24) is 9.99 Å². The minimum atomic E-state index is -0.109. The van der Waals surface area contributed by atoms with Gasteiger partial charge in [0, 0.05) is 21.4 Å². The first-order valence-electron chi connectivity index (χ1n) is 11.1. The number of para-hydroxylation sites is 1. The summed E-state index contributed by atoms with van der Waals surface area (Å²) in [4.78, 5) is 12.6. The van der Waals surface area contributed by atoms with Gasteiger partial charge in [-0.2, -0.15) is 5.10 Å². The minimum Gasteiger partial charge on any atom is -0.317 e. The molecule has 0 atom stereocenters. The number of hydrazone groups is 1. The number of halogens is 1. The number of benzene rings is 3. The highest BCUT2D eigenvalue weighted by Gasteiger charge is 2.28. The van der Waals surface area contributed by atoms with Gasteiger partial charge in [-0.15, -0.1) is 11.8 Å². The molecule has 0 spiro atoms. The van der Waals surface area contributed by atoms with E-state index in [-0.39, 0.29) is 11.2 Å².